The van der Waals surface area contributed by atoms with Crippen LogP contribution in [0.5, 0.6) is 0 Å². The van der Waals surface area contributed by atoms with Gasteiger partial charge < -0.3 is 14.8 Å². The number of aromatic nitrogens is 1. The fourth-order valence-electron chi connectivity index (χ4n) is 2.59. The number of hydrogen-bond acceptors (Lipinski definition) is 5. The molecule has 2 rings (SSSR count). The van der Waals surface area contributed by atoms with Gasteiger partial charge in [-0.25, -0.2) is 15.0 Å². The number of hydrogen-bond donors (Lipinski definition) is 3. The monoisotopic (exact) mass is 368 g/mol. The molecule has 9 nitrogen and oxygen atoms in total. The van der Waals surface area contributed by atoms with E-state index in [1.165, 1.54) is 18.3 Å². The molecular formula is C18H16N4O5. The normalized spacial score (nSPS) is 10.6. The third-order valence-corrected chi connectivity index (χ3v) is 3.77. The lowest BCUT2D eigenvalue weighted by Crippen LogP contribution is -2.16. The fourth-order valence-corrected chi connectivity index (χ4v) is 2.59. The van der Waals surface area contributed by atoms with Crippen LogP contribution < -0.4 is 5.43 Å². The zero-order valence-electron chi connectivity index (χ0n) is 14.6. The summed E-state index contributed by atoms with van der Waals surface area (Å²) >= 11 is 0. The van der Waals surface area contributed by atoms with Crippen molar-refractivity contribution >= 4 is 24.1 Å². The molecule has 0 aliphatic heterocycles. The summed E-state index contributed by atoms with van der Waals surface area (Å²) in [6.45, 7) is 3.52. The van der Waals surface area contributed by atoms with Crippen molar-refractivity contribution in [2.24, 2.45) is 5.10 Å². The van der Waals surface area contributed by atoms with Crippen LogP contribution in [-0.4, -0.2) is 38.8 Å². The summed E-state index contributed by atoms with van der Waals surface area (Å²) < 4.78 is 1.69. The first-order chi connectivity index (χ1) is 12.7. The molecular weight excluding hydrogens is 352 g/mol. The van der Waals surface area contributed by atoms with Crippen LogP contribution in [0.1, 0.15) is 44.1 Å². The van der Waals surface area contributed by atoms with Gasteiger partial charge in [-0.15, -0.1) is 0 Å². The molecule has 0 aliphatic carbocycles. The molecule has 0 atom stereocenters. The van der Waals surface area contributed by atoms with Gasteiger partial charge in [0.25, 0.3) is 5.91 Å². The molecule has 0 bridgehead atoms. The van der Waals surface area contributed by atoms with E-state index < -0.39 is 17.8 Å². The van der Waals surface area contributed by atoms with E-state index in [1.54, 1.807) is 30.6 Å². The quantitative estimate of drug-likeness (QED) is 0.524. The van der Waals surface area contributed by atoms with Crippen molar-refractivity contribution in [2.75, 3.05) is 0 Å². The minimum atomic E-state index is -1.23. The van der Waals surface area contributed by atoms with E-state index in [0.717, 1.165) is 11.8 Å². The van der Waals surface area contributed by atoms with Crippen molar-refractivity contribution in [1.82, 2.24) is 9.99 Å². The average Bonchev–Trinajstić information content (AvgIpc) is 2.88. The number of nitrogens with one attached hydrogen (secondary N) is 1. The van der Waals surface area contributed by atoms with Crippen molar-refractivity contribution in [3.8, 4) is 11.8 Å². The lowest BCUT2D eigenvalue weighted by molar-refractivity contribution is -0.120. The van der Waals surface area contributed by atoms with Crippen molar-refractivity contribution in [2.45, 2.75) is 20.3 Å². The van der Waals surface area contributed by atoms with Gasteiger partial charge in [-0.05, 0) is 38.1 Å². The number of benzene rings is 1. The molecule has 27 heavy (non-hydrogen) atoms. The van der Waals surface area contributed by atoms with Crippen LogP contribution in [0.3, 0.4) is 0 Å². The Morgan fingerprint density at radius 3 is 2.26 bits per heavy atom. The molecule has 0 aliphatic rings. The Labute approximate surface area is 154 Å². The maximum Gasteiger partial charge on any atom is 0.335 e. The number of rotatable bonds is 6. The second-order valence-corrected chi connectivity index (χ2v) is 5.67. The number of amides is 1. The highest BCUT2D eigenvalue weighted by Gasteiger charge is 2.15. The van der Waals surface area contributed by atoms with Crippen LogP contribution in [0.4, 0.5) is 0 Å². The van der Waals surface area contributed by atoms with E-state index in [-0.39, 0.29) is 17.5 Å². The average molecular weight is 368 g/mol. The Morgan fingerprint density at radius 2 is 1.74 bits per heavy atom. The number of carbonyl (C=O) groups excluding carboxylic acids is 1. The second-order valence-electron chi connectivity index (χ2n) is 5.67. The molecule has 0 saturated carbocycles. The smallest absolute Gasteiger partial charge is 0.335 e. The highest BCUT2D eigenvalue weighted by Crippen LogP contribution is 2.22. The highest BCUT2D eigenvalue weighted by atomic mass is 16.4. The lowest BCUT2D eigenvalue weighted by atomic mass is 10.1. The van der Waals surface area contributed by atoms with E-state index in [9.17, 15) is 24.6 Å². The summed E-state index contributed by atoms with van der Waals surface area (Å²) in [5.41, 5.74) is 4.35. The molecule has 0 fully saturated rings. The van der Waals surface area contributed by atoms with Gasteiger partial charge in [0.05, 0.1) is 23.4 Å². The summed E-state index contributed by atoms with van der Waals surface area (Å²) in [6.07, 6.45) is 1.09. The SMILES string of the molecule is Cc1cc(C=NNC(=O)CC#N)c(C)n1-c1cc(C(=O)O)cc(C(=O)O)c1. The molecule has 0 unspecified atom stereocenters. The molecule has 0 radical (unpaired) electrons. The standard InChI is InChI=1S/C18H16N4O5/c1-10-5-14(9-20-21-16(23)3-4-19)11(2)22(10)15-7-12(17(24)25)6-13(8-15)18(26)27/h5-9H,3H2,1-2H3,(H,21,23)(H,24,25)(H,26,27). The van der Waals surface area contributed by atoms with Crippen LogP contribution in [0, 0.1) is 25.2 Å². The van der Waals surface area contributed by atoms with Crippen LogP contribution in [0.25, 0.3) is 5.69 Å². The molecule has 3 N–H and O–H groups in total. The summed E-state index contributed by atoms with van der Waals surface area (Å²) in [4.78, 5) is 33.9. The van der Waals surface area contributed by atoms with Gasteiger partial charge in [-0.3, -0.25) is 4.79 Å². The van der Waals surface area contributed by atoms with E-state index in [2.05, 4.69) is 10.5 Å². The molecule has 138 valence electrons. The number of carbonyl (C=O) groups is 3. The Balaban J connectivity index is 2.46. The first-order valence-corrected chi connectivity index (χ1v) is 7.74. The summed E-state index contributed by atoms with van der Waals surface area (Å²) in [5.74, 6) is -3.00. The van der Waals surface area contributed by atoms with Gasteiger partial charge in [0, 0.05) is 22.6 Å². The number of aryl methyl sites for hydroxylation is 1. The Bertz CT molecular complexity index is 966. The van der Waals surface area contributed by atoms with Crippen LogP contribution >= 0.6 is 0 Å². The van der Waals surface area contributed by atoms with Gasteiger partial charge >= 0.3 is 11.9 Å². The largest absolute Gasteiger partial charge is 0.478 e. The first kappa shape index (κ1) is 19.4. The first-order valence-electron chi connectivity index (χ1n) is 7.74. The fraction of sp³-hybridized carbons (Fsp3) is 0.167. The third kappa shape index (κ3) is 4.38. The number of aromatic carboxylic acids is 2. The molecule has 1 aromatic heterocycles. The van der Waals surface area contributed by atoms with Gasteiger partial charge in [-0.1, -0.05) is 0 Å². The summed E-state index contributed by atoms with van der Waals surface area (Å²) in [7, 11) is 0. The van der Waals surface area contributed by atoms with Crippen molar-refractivity contribution < 1.29 is 24.6 Å². The summed E-state index contributed by atoms with van der Waals surface area (Å²) in [5, 5.41) is 30.7. The maximum atomic E-state index is 11.3. The van der Waals surface area contributed by atoms with E-state index >= 15 is 0 Å². The molecule has 0 spiro atoms. The van der Waals surface area contributed by atoms with Crippen molar-refractivity contribution in [1.29, 1.82) is 5.26 Å². The van der Waals surface area contributed by atoms with Crippen LogP contribution in [-0.2, 0) is 4.79 Å². The zero-order valence-corrected chi connectivity index (χ0v) is 14.6. The third-order valence-electron chi connectivity index (χ3n) is 3.77. The predicted octanol–water partition coefficient (Wildman–Crippen LogP) is 1.85. The Morgan fingerprint density at radius 1 is 1.15 bits per heavy atom. The number of carboxylic acid groups (broad SMARTS) is 2. The molecule has 9 heteroatoms. The minimum Gasteiger partial charge on any atom is -0.478 e. The van der Waals surface area contributed by atoms with Crippen LogP contribution in [0.2, 0.25) is 0 Å². The number of carboxylic acids is 2. The lowest BCUT2D eigenvalue weighted by Gasteiger charge is -2.12. The van der Waals surface area contributed by atoms with E-state index in [4.69, 9.17) is 5.26 Å². The Hall–Kier alpha value is -3.93. The topological polar surface area (TPSA) is 145 Å². The van der Waals surface area contributed by atoms with Gasteiger partial charge in [0.1, 0.15) is 6.42 Å². The van der Waals surface area contributed by atoms with Gasteiger partial charge in [0.2, 0.25) is 0 Å². The van der Waals surface area contributed by atoms with Gasteiger partial charge in [0.15, 0.2) is 0 Å². The highest BCUT2D eigenvalue weighted by molar-refractivity contribution is 5.95. The molecule has 1 heterocycles. The second kappa shape index (κ2) is 7.97. The number of nitrogens with zero attached hydrogens (tertiary/aromatic N) is 3. The summed E-state index contributed by atoms with van der Waals surface area (Å²) in [6, 6.07) is 7.31. The van der Waals surface area contributed by atoms with Crippen molar-refractivity contribution in [3.63, 3.8) is 0 Å². The number of hydrazone groups is 1. The number of nitriles is 1. The van der Waals surface area contributed by atoms with Crippen molar-refractivity contribution in [3.05, 3.63) is 52.3 Å². The molecule has 1 aromatic carbocycles. The molecule has 2 aromatic rings. The van der Waals surface area contributed by atoms with Gasteiger partial charge in [-0.2, -0.15) is 10.4 Å². The maximum absolute atomic E-state index is 11.3. The molecule has 0 saturated heterocycles. The van der Waals surface area contributed by atoms with E-state index in [1.807, 2.05) is 0 Å². The predicted molar refractivity (Wildman–Crippen MR) is 95.1 cm³/mol. The molecule has 1 amide bonds. The van der Waals surface area contributed by atoms with Crippen LogP contribution in [0.15, 0.2) is 29.4 Å². The minimum absolute atomic E-state index is 0.142. The van der Waals surface area contributed by atoms with E-state index in [0.29, 0.717) is 16.9 Å². The Kier molecular flexibility index (Phi) is 5.72. The zero-order chi connectivity index (χ0) is 20.1.